The number of rotatable bonds is 11. The number of unbranched alkanes of at least 4 members (excludes halogenated alkanes) is 1. The number of aliphatic carboxylic acids is 1. The third-order valence-electron chi connectivity index (χ3n) is 5.09. The standard InChI is InChI=1S/C27H28N2O3/c30-26(16-6-11-21-9-2-1-3-10-21)29-24-14-7-12-22(19-24)25(15-4-5-17-27(31)32)23-13-8-18-28-20-23/h1-3,7-10,12-15,18-20H,4-6,11,16-17H2,(H,29,30)(H,31,32). The number of allylic oxidation sites excluding steroid dienone is 1. The van der Waals surface area contributed by atoms with E-state index < -0.39 is 5.97 Å². The van der Waals surface area contributed by atoms with E-state index >= 15 is 0 Å². The minimum Gasteiger partial charge on any atom is -0.481 e. The number of anilines is 1. The van der Waals surface area contributed by atoms with Crippen molar-refractivity contribution >= 4 is 23.1 Å². The highest BCUT2D eigenvalue weighted by Gasteiger charge is 2.08. The molecule has 164 valence electrons. The summed E-state index contributed by atoms with van der Waals surface area (Å²) in [5.74, 6) is -0.801. The summed E-state index contributed by atoms with van der Waals surface area (Å²) in [6.07, 6.45) is 9.02. The molecular weight excluding hydrogens is 400 g/mol. The van der Waals surface area contributed by atoms with Gasteiger partial charge >= 0.3 is 5.97 Å². The lowest BCUT2D eigenvalue weighted by molar-refractivity contribution is -0.137. The number of aryl methyl sites for hydroxylation is 1. The Morgan fingerprint density at radius 3 is 2.47 bits per heavy atom. The topological polar surface area (TPSA) is 79.3 Å². The number of amides is 1. The average Bonchev–Trinajstić information content (AvgIpc) is 2.80. The fourth-order valence-electron chi connectivity index (χ4n) is 3.51. The molecular formula is C27H28N2O3. The lowest BCUT2D eigenvalue weighted by Crippen LogP contribution is -2.11. The van der Waals surface area contributed by atoms with Gasteiger partial charge in [0, 0.05) is 36.5 Å². The van der Waals surface area contributed by atoms with Crippen molar-refractivity contribution in [1.29, 1.82) is 0 Å². The van der Waals surface area contributed by atoms with E-state index in [1.807, 2.05) is 60.7 Å². The highest BCUT2D eigenvalue weighted by atomic mass is 16.4. The van der Waals surface area contributed by atoms with Gasteiger partial charge in [0.25, 0.3) is 0 Å². The number of carboxylic acids is 1. The number of benzene rings is 2. The predicted octanol–water partition coefficient (Wildman–Crippen LogP) is 5.73. The molecule has 5 nitrogen and oxygen atoms in total. The summed E-state index contributed by atoms with van der Waals surface area (Å²) >= 11 is 0. The minimum atomic E-state index is -0.793. The number of nitrogens with zero attached hydrogens (tertiary/aromatic N) is 1. The highest BCUT2D eigenvalue weighted by molar-refractivity contribution is 5.91. The molecule has 5 heteroatoms. The van der Waals surface area contributed by atoms with Gasteiger partial charge in [-0.1, -0.05) is 54.6 Å². The molecule has 2 aromatic carbocycles. The molecule has 1 aromatic heterocycles. The van der Waals surface area contributed by atoms with Crippen molar-refractivity contribution in [2.24, 2.45) is 0 Å². The van der Waals surface area contributed by atoms with Crippen molar-refractivity contribution in [3.05, 3.63) is 102 Å². The lowest BCUT2D eigenvalue weighted by Gasteiger charge is -2.11. The van der Waals surface area contributed by atoms with Gasteiger partial charge in [-0.2, -0.15) is 0 Å². The normalized spacial score (nSPS) is 11.2. The number of hydrogen-bond donors (Lipinski definition) is 2. The Morgan fingerprint density at radius 1 is 0.906 bits per heavy atom. The number of hydrogen-bond acceptors (Lipinski definition) is 3. The molecule has 0 atom stereocenters. The zero-order chi connectivity index (χ0) is 22.6. The van der Waals surface area contributed by atoms with E-state index in [4.69, 9.17) is 5.11 Å². The first kappa shape index (κ1) is 22.9. The van der Waals surface area contributed by atoms with Crippen LogP contribution in [0.25, 0.3) is 5.57 Å². The molecule has 0 bridgehead atoms. The zero-order valence-electron chi connectivity index (χ0n) is 18.0. The Hall–Kier alpha value is -3.73. The predicted molar refractivity (Wildman–Crippen MR) is 127 cm³/mol. The maximum atomic E-state index is 12.4. The molecule has 0 spiro atoms. The zero-order valence-corrected chi connectivity index (χ0v) is 18.0. The molecule has 3 rings (SSSR count). The highest BCUT2D eigenvalue weighted by Crippen LogP contribution is 2.26. The van der Waals surface area contributed by atoms with Gasteiger partial charge in [-0.25, -0.2) is 0 Å². The Balaban J connectivity index is 1.66. The summed E-state index contributed by atoms with van der Waals surface area (Å²) in [6.45, 7) is 0. The maximum Gasteiger partial charge on any atom is 0.303 e. The SMILES string of the molecule is O=C(O)CCCC=C(c1cccnc1)c1cccc(NC(=O)CCCc2ccccc2)c1. The van der Waals surface area contributed by atoms with E-state index in [0.717, 1.165) is 35.2 Å². The summed E-state index contributed by atoms with van der Waals surface area (Å²) in [6, 6.07) is 21.7. The van der Waals surface area contributed by atoms with Gasteiger partial charge in [0.2, 0.25) is 5.91 Å². The van der Waals surface area contributed by atoms with E-state index in [1.165, 1.54) is 5.56 Å². The molecule has 32 heavy (non-hydrogen) atoms. The Morgan fingerprint density at radius 2 is 1.72 bits per heavy atom. The van der Waals surface area contributed by atoms with Crippen LogP contribution < -0.4 is 5.32 Å². The lowest BCUT2D eigenvalue weighted by atomic mass is 9.97. The second-order valence-corrected chi connectivity index (χ2v) is 7.61. The van der Waals surface area contributed by atoms with Crippen LogP contribution >= 0.6 is 0 Å². The van der Waals surface area contributed by atoms with Gasteiger partial charge in [-0.05, 0) is 60.6 Å². The molecule has 0 saturated carbocycles. The fourth-order valence-corrected chi connectivity index (χ4v) is 3.51. The van der Waals surface area contributed by atoms with Crippen molar-refractivity contribution in [2.75, 3.05) is 5.32 Å². The molecule has 2 N–H and O–H groups in total. The molecule has 1 amide bonds. The van der Waals surface area contributed by atoms with E-state index in [2.05, 4.69) is 22.4 Å². The number of carboxylic acid groups (broad SMARTS) is 1. The Kier molecular flexibility index (Phi) is 8.75. The van der Waals surface area contributed by atoms with Crippen molar-refractivity contribution < 1.29 is 14.7 Å². The van der Waals surface area contributed by atoms with Crippen molar-refractivity contribution in [2.45, 2.75) is 38.5 Å². The van der Waals surface area contributed by atoms with Crippen LogP contribution in [-0.2, 0) is 16.0 Å². The van der Waals surface area contributed by atoms with Crippen LogP contribution in [0.5, 0.6) is 0 Å². The summed E-state index contributed by atoms with van der Waals surface area (Å²) in [4.78, 5) is 27.5. The molecule has 0 fully saturated rings. The molecule has 0 unspecified atom stereocenters. The third-order valence-corrected chi connectivity index (χ3v) is 5.09. The van der Waals surface area contributed by atoms with Crippen LogP contribution in [0.3, 0.4) is 0 Å². The molecule has 3 aromatic rings. The third kappa shape index (κ3) is 7.51. The number of nitrogens with one attached hydrogen (secondary N) is 1. The molecule has 0 aliphatic carbocycles. The Bertz CT molecular complexity index is 1050. The number of carbonyl (C=O) groups is 2. The van der Waals surface area contributed by atoms with Crippen LogP contribution in [0.1, 0.15) is 48.8 Å². The summed E-state index contributed by atoms with van der Waals surface area (Å²) in [5, 5.41) is 11.9. The average molecular weight is 429 g/mol. The monoisotopic (exact) mass is 428 g/mol. The van der Waals surface area contributed by atoms with E-state index in [0.29, 0.717) is 19.3 Å². The molecule has 0 aliphatic heterocycles. The van der Waals surface area contributed by atoms with Gasteiger partial charge < -0.3 is 10.4 Å². The minimum absolute atomic E-state index is 0.00792. The van der Waals surface area contributed by atoms with E-state index in [-0.39, 0.29) is 12.3 Å². The molecule has 0 saturated heterocycles. The van der Waals surface area contributed by atoms with Crippen molar-refractivity contribution in [3.63, 3.8) is 0 Å². The van der Waals surface area contributed by atoms with Crippen molar-refractivity contribution in [3.8, 4) is 0 Å². The summed E-state index contributed by atoms with van der Waals surface area (Å²) in [7, 11) is 0. The van der Waals surface area contributed by atoms with Gasteiger partial charge in [0.05, 0.1) is 0 Å². The Labute approximate surface area is 188 Å². The van der Waals surface area contributed by atoms with Gasteiger partial charge in [0.1, 0.15) is 0 Å². The van der Waals surface area contributed by atoms with Crippen LogP contribution in [0.2, 0.25) is 0 Å². The van der Waals surface area contributed by atoms with Crippen LogP contribution in [-0.4, -0.2) is 22.0 Å². The summed E-state index contributed by atoms with van der Waals surface area (Å²) < 4.78 is 0. The van der Waals surface area contributed by atoms with Gasteiger partial charge in [-0.15, -0.1) is 0 Å². The van der Waals surface area contributed by atoms with Crippen LogP contribution in [0.15, 0.2) is 85.2 Å². The molecule has 0 aliphatic rings. The smallest absolute Gasteiger partial charge is 0.303 e. The first-order valence-corrected chi connectivity index (χ1v) is 10.9. The van der Waals surface area contributed by atoms with Crippen molar-refractivity contribution in [1.82, 2.24) is 4.98 Å². The first-order valence-electron chi connectivity index (χ1n) is 10.9. The summed E-state index contributed by atoms with van der Waals surface area (Å²) in [5.41, 5.74) is 4.86. The van der Waals surface area contributed by atoms with E-state index in [1.54, 1.807) is 12.4 Å². The first-order chi connectivity index (χ1) is 15.6. The van der Waals surface area contributed by atoms with Crippen LogP contribution in [0, 0.1) is 0 Å². The van der Waals surface area contributed by atoms with Crippen LogP contribution in [0.4, 0.5) is 5.69 Å². The molecule has 0 radical (unpaired) electrons. The second-order valence-electron chi connectivity index (χ2n) is 7.61. The number of carbonyl (C=O) groups excluding carboxylic acids is 1. The second kappa shape index (κ2) is 12.2. The molecule has 1 heterocycles. The maximum absolute atomic E-state index is 12.4. The van der Waals surface area contributed by atoms with Gasteiger partial charge in [0.15, 0.2) is 0 Å². The quantitative estimate of drug-likeness (QED) is 0.382. The fraction of sp³-hybridized carbons (Fsp3) is 0.222. The largest absolute Gasteiger partial charge is 0.481 e. The number of aromatic nitrogens is 1. The van der Waals surface area contributed by atoms with Gasteiger partial charge in [-0.3, -0.25) is 14.6 Å². The van der Waals surface area contributed by atoms with E-state index in [9.17, 15) is 9.59 Å². The number of pyridine rings is 1.